The van der Waals surface area contributed by atoms with E-state index in [1.165, 1.54) is 7.11 Å². The lowest BCUT2D eigenvalue weighted by Gasteiger charge is -2.23. The van der Waals surface area contributed by atoms with Crippen LogP contribution in [0.4, 0.5) is 4.79 Å². The van der Waals surface area contributed by atoms with Crippen molar-refractivity contribution in [3.8, 4) is 0 Å². The Hall–Kier alpha value is -1.62. The largest absolute Gasteiger partial charge is 0.451 e. The molecule has 5 heteroatoms. The van der Waals surface area contributed by atoms with E-state index in [0.29, 0.717) is 4.90 Å². The minimum atomic E-state index is -2.88. The first-order chi connectivity index (χ1) is 10.1. The van der Waals surface area contributed by atoms with E-state index in [0.717, 1.165) is 31.3 Å². The van der Waals surface area contributed by atoms with Crippen LogP contribution in [0.25, 0.3) is 0 Å². The molecule has 0 saturated carbocycles. The molecule has 0 bridgehead atoms. The molecule has 0 spiro atoms. The first kappa shape index (κ1) is 15.8. The highest BCUT2D eigenvalue weighted by Gasteiger charge is 2.27. The number of rotatable bonds is 3. The molecule has 1 aliphatic carbocycles. The zero-order valence-electron chi connectivity index (χ0n) is 12.5. The van der Waals surface area contributed by atoms with E-state index in [9.17, 15) is 9.00 Å². The Balaban J connectivity index is 2.51. The minimum absolute atomic E-state index is 0.292. The molecule has 2 rings (SSSR count). The Morgan fingerprint density at radius 1 is 1.29 bits per heavy atom. The molecule has 0 radical (unpaired) electrons. The summed E-state index contributed by atoms with van der Waals surface area (Å²) in [6, 6.07) is 8.99. The highest BCUT2D eigenvalue weighted by Crippen LogP contribution is 2.29. The van der Waals surface area contributed by atoms with Gasteiger partial charge in [-0.25, -0.2) is 9.00 Å². The van der Waals surface area contributed by atoms with Gasteiger partial charge < -0.3 is 4.74 Å². The molecule has 1 aliphatic rings. The molecule has 4 nitrogen and oxygen atoms in total. The van der Waals surface area contributed by atoms with E-state index >= 15 is 0 Å². The van der Waals surface area contributed by atoms with Crippen LogP contribution in [0.1, 0.15) is 32.6 Å². The summed E-state index contributed by atoms with van der Waals surface area (Å²) < 4.78 is 21.9. The van der Waals surface area contributed by atoms with Crippen LogP contribution in [-0.2, 0) is 14.5 Å². The van der Waals surface area contributed by atoms with Crippen molar-refractivity contribution in [2.24, 2.45) is 4.36 Å². The van der Waals surface area contributed by atoms with Crippen LogP contribution in [0, 0.1) is 0 Å². The Kier molecular flexibility index (Phi) is 5.17. The lowest BCUT2D eigenvalue weighted by atomic mass is 9.98. The third-order valence-electron chi connectivity index (χ3n) is 3.79. The molecule has 0 fully saturated rings. The van der Waals surface area contributed by atoms with Crippen molar-refractivity contribution in [3.05, 3.63) is 42.0 Å². The molecule has 1 aromatic rings. The summed E-state index contributed by atoms with van der Waals surface area (Å²) in [5.41, 5.74) is 1.13. The second kappa shape index (κ2) is 6.89. The van der Waals surface area contributed by atoms with Gasteiger partial charge >= 0.3 is 6.09 Å². The van der Waals surface area contributed by atoms with Crippen molar-refractivity contribution >= 4 is 15.8 Å². The topological polar surface area (TPSA) is 55.7 Å². The third-order valence-corrected chi connectivity index (χ3v) is 6.42. The van der Waals surface area contributed by atoms with Crippen LogP contribution >= 0.6 is 0 Å². The minimum Gasteiger partial charge on any atom is -0.451 e. The van der Waals surface area contributed by atoms with Gasteiger partial charge in [0.05, 0.1) is 22.1 Å². The predicted octanol–water partition coefficient (Wildman–Crippen LogP) is 4.17. The predicted molar refractivity (Wildman–Crippen MR) is 83.7 cm³/mol. The number of carbonyl (C=O) groups excluding carboxylic acids is 1. The van der Waals surface area contributed by atoms with Gasteiger partial charge in [-0.1, -0.05) is 29.8 Å². The van der Waals surface area contributed by atoms with Crippen molar-refractivity contribution in [2.45, 2.75) is 42.8 Å². The van der Waals surface area contributed by atoms with Gasteiger partial charge in [0.1, 0.15) is 0 Å². The Morgan fingerprint density at radius 3 is 2.57 bits per heavy atom. The van der Waals surface area contributed by atoms with E-state index < -0.39 is 15.8 Å². The van der Waals surface area contributed by atoms with Crippen molar-refractivity contribution in [2.75, 3.05) is 7.11 Å². The quantitative estimate of drug-likeness (QED) is 0.788. The van der Waals surface area contributed by atoms with Crippen LogP contribution < -0.4 is 0 Å². The van der Waals surface area contributed by atoms with Crippen molar-refractivity contribution in [3.63, 3.8) is 0 Å². The second-order valence-corrected chi connectivity index (χ2v) is 7.61. The number of methoxy groups -OCH3 is 1. The van der Waals surface area contributed by atoms with Crippen LogP contribution in [0.2, 0.25) is 0 Å². The zero-order valence-corrected chi connectivity index (χ0v) is 13.3. The molecule has 2 atom stereocenters. The molecular weight excluding hydrogens is 286 g/mol. The number of ether oxygens (including phenoxy) is 1. The number of carbonyl (C=O) groups is 1. The smallest absolute Gasteiger partial charge is 0.441 e. The van der Waals surface area contributed by atoms with Crippen LogP contribution in [0.15, 0.2) is 51.2 Å². The standard InChI is InChI=1S/C16H21NO3S/c1-13(14-9-5-3-6-10-14)21(19,17-16(18)20-2)15-11-7-4-8-12-15/h4,7-9,11-13H,3,5-6,10H2,1-2H3/t13?,21-/m0/s1. The molecule has 1 aromatic carbocycles. The van der Waals surface area contributed by atoms with Gasteiger partial charge in [-0.3, -0.25) is 0 Å². The fraction of sp³-hybridized carbons (Fsp3) is 0.438. The van der Waals surface area contributed by atoms with Crippen molar-refractivity contribution in [1.29, 1.82) is 0 Å². The second-order valence-electron chi connectivity index (χ2n) is 5.11. The summed E-state index contributed by atoms with van der Waals surface area (Å²) >= 11 is 0. The van der Waals surface area contributed by atoms with Crippen LogP contribution in [-0.4, -0.2) is 22.7 Å². The van der Waals surface area contributed by atoms with E-state index in [2.05, 4.69) is 15.2 Å². The molecule has 0 N–H and O–H groups in total. The van der Waals surface area contributed by atoms with E-state index in [1.807, 2.05) is 25.1 Å². The number of hydrogen-bond acceptors (Lipinski definition) is 3. The Labute approximate surface area is 126 Å². The summed E-state index contributed by atoms with van der Waals surface area (Å²) in [5.74, 6) is 0. The summed E-state index contributed by atoms with van der Waals surface area (Å²) in [5, 5.41) is -0.292. The highest BCUT2D eigenvalue weighted by molar-refractivity contribution is 7.94. The number of amides is 1. The highest BCUT2D eigenvalue weighted by atomic mass is 32.2. The maximum atomic E-state index is 13.4. The average Bonchev–Trinajstić information content (AvgIpc) is 2.55. The maximum Gasteiger partial charge on any atom is 0.441 e. The van der Waals surface area contributed by atoms with E-state index in [-0.39, 0.29) is 5.25 Å². The van der Waals surface area contributed by atoms with E-state index in [4.69, 9.17) is 0 Å². The van der Waals surface area contributed by atoms with Crippen molar-refractivity contribution in [1.82, 2.24) is 0 Å². The summed E-state index contributed by atoms with van der Waals surface area (Å²) in [4.78, 5) is 12.2. The van der Waals surface area contributed by atoms with Gasteiger partial charge in [0.15, 0.2) is 0 Å². The molecule has 1 unspecified atom stereocenters. The Bertz CT molecular complexity index is 643. The average molecular weight is 307 g/mol. The van der Waals surface area contributed by atoms with Gasteiger partial charge in [0.25, 0.3) is 0 Å². The van der Waals surface area contributed by atoms with Crippen LogP contribution in [0.5, 0.6) is 0 Å². The summed E-state index contributed by atoms with van der Waals surface area (Å²) in [6.07, 6.45) is 5.54. The van der Waals surface area contributed by atoms with Gasteiger partial charge in [0, 0.05) is 4.90 Å². The number of nitrogens with zero attached hydrogens (tertiary/aromatic N) is 1. The van der Waals surface area contributed by atoms with Crippen LogP contribution in [0.3, 0.4) is 0 Å². The molecule has 0 aromatic heterocycles. The van der Waals surface area contributed by atoms with Gasteiger partial charge in [-0.05, 0) is 44.7 Å². The fourth-order valence-electron chi connectivity index (χ4n) is 2.54. The first-order valence-electron chi connectivity index (χ1n) is 7.16. The van der Waals surface area contributed by atoms with Gasteiger partial charge in [0.2, 0.25) is 0 Å². The third kappa shape index (κ3) is 3.53. The fourth-order valence-corrected chi connectivity index (χ4v) is 4.68. The molecule has 114 valence electrons. The first-order valence-corrected chi connectivity index (χ1v) is 8.73. The number of hydrogen-bond donors (Lipinski definition) is 0. The molecule has 0 aliphatic heterocycles. The molecular formula is C16H21NO3S. The van der Waals surface area contributed by atoms with E-state index in [1.54, 1.807) is 12.1 Å². The SMILES string of the molecule is COC(=O)N=[S@@](=O)(c1ccccc1)C(C)C1=CCCCC1. The molecule has 0 saturated heterocycles. The Morgan fingerprint density at radius 2 is 2.00 bits per heavy atom. The number of benzene rings is 1. The molecule has 21 heavy (non-hydrogen) atoms. The lowest BCUT2D eigenvalue weighted by Crippen LogP contribution is -2.22. The normalized spacial score (nSPS) is 19.0. The maximum absolute atomic E-state index is 13.4. The van der Waals surface area contributed by atoms with Gasteiger partial charge in [-0.2, -0.15) is 0 Å². The van der Waals surface area contributed by atoms with Gasteiger partial charge in [-0.15, -0.1) is 4.36 Å². The molecule has 0 heterocycles. The summed E-state index contributed by atoms with van der Waals surface area (Å²) in [7, 11) is -1.62. The zero-order chi connectivity index (χ0) is 15.3. The number of allylic oxidation sites excluding steroid dienone is 1. The lowest BCUT2D eigenvalue weighted by molar-refractivity contribution is 0.183. The summed E-state index contributed by atoms with van der Waals surface area (Å²) in [6.45, 7) is 1.89. The van der Waals surface area contributed by atoms with Crippen molar-refractivity contribution < 1.29 is 13.7 Å². The monoisotopic (exact) mass is 307 g/mol. The molecule has 1 amide bonds.